The first-order valence-electron chi connectivity index (χ1n) is 5.61. The standard InChI is InChI=1S/C14H21N/c1-7-12-10(5)11(6)13(9(3)4)14(12)15-8-2/h8,12H,3,7H2,1-2,4-6H3/b15-8-. The fourth-order valence-corrected chi connectivity index (χ4v) is 2.36. The van der Waals surface area contributed by atoms with E-state index in [-0.39, 0.29) is 0 Å². The Morgan fingerprint density at radius 2 is 2.07 bits per heavy atom. The first-order valence-corrected chi connectivity index (χ1v) is 5.61. The molecule has 0 fully saturated rings. The Morgan fingerprint density at radius 1 is 1.47 bits per heavy atom. The fraction of sp³-hybridized carbons (Fsp3) is 0.500. The van der Waals surface area contributed by atoms with Gasteiger partial charge in [0.05, 0.1) is 5.70 Å². The van der Waals surface area contributed by atoms with Crippen molar-refractivity contribution >= 4 is 6.21 Å². The maximum absolute atomic E-state index is 4.53. The highest BCUT2D eigenvalue weighted by Gasteiger charge is 2.27. The zero-order chi connectivity index (χ0) is 11.6. The molecule has 0 bridgehead atoms. The maximum Gasteiger partial charge on any atom is 0.0548 e. The Hall–Kier alpha value is -1.11. The van der Waals surface area contributed by atoms with Gasteiger partial charge in [-0.15, -0.1) is 0 Å². The molecule has 1 unspecified atom stereocenters. The highest BCUT2D eigenvalue weighted by molar-refractivity contribution is 5.62. The van der Waals surface area contributed by atoms with Crippen molar-refractivity contribution in [3.63, 3.8) is 0 Å². The van der Waals surface area contributed by atoms with Crippen molar-refractivity contribution in [3.05, 3.63) is 34.6 Å². The molecule has 1 nitrogen and oxygen atoms in total. The number of hydrogen-bond acceptors (Lipinski definition) is 1. The second kappa shape index (κ2) is 4.61. The molecular formula is C14H21N. The van der Waals surface area contributed by atoms with Gasteiger partial charge >= 0.3 is 0 Å². The summed E-state index contributed by atoms with van der Waals surface area (Å²) in [4.78, 5) is 4.53. The van der Waals surface area contributed by atoms with Gasteiger partial charge < -0.3 is 0 Å². The largest absolute Gasteiger partial charge is 0.265 e. The molecular weight excluding hydrogens is 182 g/mol. The van der Waals surface area contributed by atoms with Gasteiger partial charge in [-0.05, 0) is 45.3 Å². The number of allylic oxidation sites excluding steroid dienone is 4. The average molecular weight is 203 g/mol. The van der Waals surface area contributed by atoms with Crippen molar-refractivity contribution in [3.8, 4) is 0 Å². The van der Waals surface area contributed by atoms with Gasteiger partial charge in [-0.25, -0.2) is 0 Å². The monoisotopic (exact) mass is 203 g/mol. The molecule has 0 radical (unpaired) electrons. The van der Waals surface area contributed by atoms with Gasteiger partial charge in [0, 0.05) is 17.7 Å². The zero-order valence-electron chi connectivity index (χ0n) is 10.5. The summed E-state index contributed by atoms with van der Waals surface area (Å²) in [5.41, 5.74) is 6.44. The minimum Gasteiger partial charge on any atom is -0.265 e. The van der Waals surface area contributed by atoms with E-state index in [1.807, 2.05) is 13.1 Å². The molecule has 1 heteroatoms. The van der Waals surface area contributed by atoms with Crippen LogP contribution >= 0.6 is 0 Å². The van der Waals surface area contributed by atoms with Crippen LogP contribution in [0.25, 0.3) is 0 Å². The zero-order valence-corrected chi connectivity index (χ0v) is 10.5. The van der Waals surface area contributed by atoms with E-state index >= 15 is 0 Å². The first-order chi connectivity index (χ1) is 7.04. The van der Waals surface area contributed by atoms with Crippen molar-refractivity contribution in [2.45, 2.75) is 41.0 Å². The molecule has 0 aliphatic heterocycles. The SMILES string of the molecule is C=C(C)C1=C(/N=C\C)C(CC)C(C)=C1C. The molecule has 0 amide bonds. The second-order valence-corrected chi connectivity index (χ2v) is 4.20. The molecule has 1 aliphatic carbocycles. The fourth-order valence-electron chi connectivity index (χ4n) is 2.36. The molecule has 0 spiro atoms. The lowest BCUT2D eigenvalue weighted by Gasteiger charge is -2.11. The summed E-state index contributed by atoms with van der Waals surface area (Å²) >= 11 is 0. The van der Waals surface area contributed by atoms with E-state index in [1.54, 1.807) is 0 Å². The van der Waals surface area contributed by atoms with Crippen molar-refractivity contribution in [2.24, 2.45) is 10.9 Å². The Balaban J connectivity index is 3.32. The lowest BCUT2D eigenvalue weighted by atomic mass is 9.98. The Bertz CT molecular complexity index is 367. The minimum absolute atomic E-state index is 0.493. The van der Waals surface area contributed by atoms with Gasteiger partial charge in [-0.3, -0.25) is 4.99 Å². The van der Waals surface area contributed by atoms with E-state index in [2.05, 4.69) is 39.3 Å². The Kier molecular flexibility index (Phi) is 3.67. The van der Waals surface area contributed by atoms with Gasteiger partial charge in [-0.2, -0.15) is 0 Å². The van der Waals surface area contributed by atoms with Crippen molar-refractivity contribution in [1.82, 2.24) is 0 Å². The third-order valence-corrected chi connectivity index (χ3v) is 3.18. The highest BCUT2D eigenvalue weighted by atomic mass is 14.8. The van der Waals surface area contributed by atoms with Crippen molar-refractivity contribution in [1.29, 1.82) is 0 Å². The van der Waals surface area contributed by atoms with Crippen LogP contribution in [0.5, 0.6) is 0 Å². The van der Waals surface area contributed by atoms with E-state index in [0.29, 0.717) is 5.92 Å². The predicted octanol–water partition coefficient (Wildman–Crippen LogP) is 4.28. The van der Waals surface area contributed by atoms with E-state index in [0.717, 1.165) is 12.0 Å². The molecule has 82 valence electrons. The van der Waals surface area contributed by atoms with Crippen LogP contribution in [0.4, 0.5) is 0 Å². The third kappa shape index (κ3) is 1.97. The van der Waals surface area contributed by atoms with Crippen LogP contribution in [-0.2, 0) is 0 Å². The molecule has 0 aromatic rings. The molecule has 0 aromatic heterocycles. The van der Waals surface area contributed by atoms with Gasteiger partial charge in [0.25, 0.3) is 0 Å². The van der Waals surface area contributed by atoms with Crippen LogP contribution in [0, 0.1) is 5.92 Å². The van der Waals surface area contributed by atoms with Crippen LogP contribution in [-0.4, -0.2) is 6.21 Å². The van der Waals surface area contributed by atoms with Crippen molar-refractivity contribution < 1.29 is 0 Å². The first kappa shape index (κ1) is 12.0. The minimum atomic E-state index is 0.493. The lowest BCUT2D eigenvalue weighted by Crippen LogP contribution is -1.99. The molecule has 0 heterocycles. The van der Waals surface area contributed by atoms with Gasteiger partial charge in [-0.1, -0.05) is 19.1 Å². The number of nitrogens with zero attached hydrogens (tertiary/aromatic N) is 1. The quantitative estimate of drug-likeness (QED) is 0.607. The molecule has 1 atom stereocenters. The van der Waals surface area contributed by atoms with E-state index in [4.69, 9.17) is 0 Å². The molecule has 15 heavy (non-hydrogen) atoms. The normalized spacial score (nSPS) is 22.1. The molecule has 0 saturated heterocycles. The molecule has 1 rings (SSSR count). The maximum atomic E-state index is 4.53. The van der Waals surface area contributed by atoms with Gasteiger partial charge in [0.15, 0.2) is 0 Å². The topological polar surface area (TPSA) is 12.4 Å². The van der Waals surface area contributed by atoms with E-state index < -0.39 is 0 Å². The molecule has 0 aromatic carbocycles. The van der Waals surface area contributed by atoms with Gasteiger partial charge in [0.1, 0.15) is 0 Å². The summed E-state index contributed by atoms with van der Waals surface area (Å²) in [6.07, 6.45) is 3.00. The lowest BCUT2D eigenvalue weighted by molar-refractivity contribution is 0.687. The number of rotatable bonds is 3. The Labute approximate surface area is 93.3 Å². The third-order valence-electron chi connectivity index (χ3n) is 3.18. The predicted molar refractivity (Wildman–Crippen MR) is 68.2 cm³/mol. The van der Waals surface area contributed by atoms with Gasteiger partial charge in [0.2, 0.25) is 0 Å². The molecule has 0 N–H and O–H groups in total. The summed E-state index contributed by atoms with van der Waals surface area (Å²) in [5, 5.41) is 0. The number of hydrogen-bond donors (Lipinski definition) is 0. The van der Waals surface area contributed by atoms with Crippen LogP contribution in [0.3, 0.4) is 0 Å². The Morgan fingerprint density at radius 3 is 2.47 bits per heavy atom. The van der Waals surface area contributed by atoms with Crippen LogP contribution in [0.2, 0.25) is 0 Å². The summed E-state index contributed by atoms with van der Waals surface area (Å²) in [7, 11) is 0. The summed E-state index contributed by atoms with van der Waals surface area (Å²) in [6, 6.07) is 0. The van der Waals surface area contributed by atoms with Crippen LogP contribution in [0.15, 0.2) is 39.6 Å². The average Bonchev–Trinajstić information content (AvgIpc) is 2.40. The van der Waals surface area contributed by atoms with Crippen LogP contribution in [0.1, 0.15) is 41.0 Å². The smallest absolute Gasteiger partial charge is 0.0548 e. The van der Waals surface area contributed by atoms with E-state index in [1.165, 1.54) is 22.4 Å². The molecule has 0 saturated carbocycles. The van der Waals surface area contributed by atoms with Crippen LogP contribution < -0.4 is 0 Å². The summed E-state index contributed by atoms with van der Waals surface area (Å²) in [5.74, 6) is 0.493. The summed E-state index contributed by atoms with van der Waals surface area (Å²) in [6.45, 7) is 14.7. The van der Waals surface area contributed by atoms with Crippen molar-refractivity contribution in [2.75, 3.05) is 0 Å². The summed E-state index contributed by atoms with van der Waals surface area (Å²) < 4.78 is 0. The second-order valence-electron chi connectivity index (χ2n) is 4.20. The van der Waals surface area contributed by atoms with E-state index in [9.17, 15) is 0 Å². The highest BCUT2D eigenvalue weighted by Crippen LogP contribution is 2.41. The molecule has 1 aliphatic rings. The number of aliphatic imine (C=N–C) groups is 1.